The van der Waals surface area contributed by atoms with Gasteiger partial charge in [-0.25, -0.2) is 9.69 Å². The molecule has 0 bridgehead atoms. The van der Waals surface area contributed by atoms with Gasteiger partial charge in [-0.15, -0.1) is 0 Å². The molecule has 3 aromatic carbocycles. The minimum atomic E-state index is -1.49. The van der Waals surface area contributed by atoms with Crippen molar-refractivity contribution >= 4 is 48.0 Å². The van der Waals surface area contributed by atoms with E-state index in [2.05, 4.69) is 18.5 Å². The molecule has 4 aliphatic heterocycles. The molecule has 7 rings (SSSR count). The second kappa shape index (κ2) is 20.4. The van der Waals surface area contributed by atoms with Crippen LogP contribution < -0.4 is 35.0 Å². The second-order valence-corrected chi connectivity index (χ2v) is 18.4. The number of methoxy groups -OCH3 is 1. The third-order valence-corrected chi connectivity index (χ3v) is 12.9. The molecular weight excluding hydrogens is 875 g/mol. The predicted molar refractivity (Wildman–Crippen MR) is 254 cm³/mol. The monoisotopic (exact) mass is 936 g/mol. The molecule has 0 aromatic heterocycles. The Labute approximate surface area is 396 Å². The number of rotatable bonds is 16. The molecule has 0 aliphatic carbocycles. The summed E-state index contributed by atoms with van der Waals surface area (Å²) >= 11 is 0. The van der Waals surface area contributed by atoms with Crippen LogP contribution in [0, 0.1) is 12.8 Å². The normalized spacial score (nSPS) is 20.8. The Balaban J connectivity index is 1.03. The number of fused-ring (bicyclic) bond motifs is 4. The number of carbonyl (C=O) groups is 5. The number of nitrogens with one attached hydrogen (secondary N) is 1. The van der Waals surface area contributed by atoms with Gasteiger partial charge in [0, 0.05) is 43.8 Å². The van der Waals surface area contributed by atoms with Gasteiger partial charge in [0.1, 0.15) is 18.6 Å². The summed E-state index contributed by atoms with van der Waals surface area (Å²) in [5, 5.41) is 36.7. The van der Waals surface area contributed by atoms with Gasteiger partial charge >= 0.3 is 13.1 Å². The van der Waals surface area contributed by atoms with E-state index >= 15 is 0 Å². The maximum Gasteiger partial charge on any atom is 0.416 e. The molecule has 4 aliphatic rings. The number of amides is 4. The molecular formula is C49H61BN6O12. The molecule has 3 aromatic rings. The smallest absolute Gasteiger partial charge is 0.416 e. The van der Waals surface area contributed by atoms with Gasteiger partial charge in [0.25, 0.3) is 11.8 Å². The molecule has 2 saturated heterocycles. The minimum absolute atomic E-state index is 0.0576. The molecule has 6 N–H and O–H groups in total. The van der Waals surface area contributed by atoms with E-state index in [1.807, 2.05) is 13.8 Å². The molecule has 18 nitrogen and oxygen atoms in total. The van der Waals surface area contributed by atoms with Crippen LogP contribution in [0.4, 0.5) is 16.2 Å². The Bertz CT molecular complexity index is 2480. The number of ketones is 1. The first-order valence-electron chi connectivity index (χ1n) is 22.8. The van der Waals surface area contributed by atoms with E-state index in [9.17, 15) is 39.2 Å². The molecule has 2 fully saturated rings. The van der Waals surface area contributed by atoms with Crippen LogP contribution in [0.1, 0.15) is 77.4 Å². The zero-order valence-corrected chi connectivity index (χ0v) is 39.4. The van der Waals surface area contributed by atoms with Gasteiger partial charge < -0.3 is 59.8 Å². The zero-order chi connectivity index (χ0) is 49.3. The first-order valence-corrected chi connectivity index (χ1v) is 22.8. The van der Waals surface area contributed by atoms with Gasteiger partial charge in [0.15, 0.2) is 23.5 Å². The summed E-state index contributed by atoms with van der Waals surface area (Å²) in [4.78, 5) is 72.7. The predicted octanol–water partition coefficient (Wildman–Crippen LogP) is 3.72. The number of nitrogens with zero attached hydrogens (tertiary/aromatic N) is 4. The number of hydrogen-bond acceptors (Lipinski definition) is 14. The lowest BCUT2D eigenvalue weighted by Crippen LogP contribution is -2.53. The third kappa shape index (κ3) is 10.1. The molecule has 0 spiro atoms. The zero-order valence-electron chi connectivity index (χ0n) is 39.4. The highest BCUT2D eigenvalue weighted by Crippen LogP contribution is 2.43. The van der Waals surface area contributed by atoms with Crippen molar-refractivity contribution in [2.45, 2.75) is 103 Å². The van der Waals surface area contributed by atoms with Crippen molar-refractivity contribution in [2.75, 3.05) is 43.1 Å². The number of aryl methyl sites for hydroxylation is 1. The molecule has 1 unspecified atom stereocenters. The molecule has 362 valence electrons. The van der Waals surface area contributed by atoms with E-state index < -0.39 is 55.7 Å². The maximum absolute atomic E-state index is 14.1. The van der Waals surface area contributed by atoms with Crippen LogP contribution in [-0.4, -0.2) is 132 Å². The van der Waals surface area contributed by atoms with Gasteiger partial charge in [-0.05, 0) is 68.3 Å². The number of carbonyl (C=O) groups excluding carboxylic acids is 5. The highest BCUT2D eigenvalue weighted by atomic mass is 16.6. The fraction of sp³-hybridized carbons (Fsp3) is 0.449. The van der Waals surface area contributed by atoms with Crippen LogP contribution >= 0.6 is 0 Å². The fourth-order valence-corrected chi connectivity index (χ4v) is 9.06. The summed E-state index contributed by atoms with van der Waals surface area (Å²) in [6.45, 7) is 17.1. The van der Waals surface area contributed by atoms with Crippen LogP contribution in [0.3, 0.4) is 0 Å². The minimum Gasteiger partial charge on any atom is -0.493 e. The van der Waals surface area contributed by atoms with E-state index in [4.69, 9.17) is 24.7 Å². The maximum atomic E-state index is 14.1. The van der Waals surface area contributed by atoms with Gasteiger partial charge in [0.2, 0.25) is 5.91 Å². The summed E-state index contributed by atoms with van der Waals surface area (Å²) in [5.41, 5.74) is 10.2. The van der Waals surface area contributed by atoms with Crippen LogP contribution in [0.2, 0.25) is 6.82 Å². The van der Waals surface area contributed by atoms with E-state index in [0.717, 1.165) is 16.0 Å². The lowest BCUT2D eigenvalue weighted by molar-refractivity contribution is -0.128. The van der Waals surface area contributed by atoms with Crippen LogP contribution in [0.15, 0.2) is 72.8 Å². The Kier molecular flexibility index (Phi) is 14.9. The number of benzene rings is 3. The Morgan fingerprint density at radius 1 is 0.838 bits per heavy atom. The summed E-state index contributed by atoms with van der Waals surface area (Å²) < 4.78 is 23.7. The quantitative estimate of drug-likeness (QED) is 0.0783. The van der Waals surface area contributed by atoms with Gasteiger partial charge in [-0.2, -0.15) is 0 Å². The standard InChI is InChI=1S/C49H61BN6O12/c1-26(2)43(51)44(58)52-30(6)39(57)19-31-10-12-32(13-11-31)25-68-49(63)55-35-21-40(29(5)18-33(35)45(59)53-23-27(3)16-37(53)47(55)61)66-14-9-15-67-42-22-36-34(20-41(42)65-8)46(60)54-24-28(4)17-38(54)48(62)56(36)50(7)64/h10-13,18,20-22,26,30,37-38,43,47-48,61-62,64H,3-4,9,14-17,19,23-25,51H2,1-2,5-8H3,(H,52,58)/t30-,37-,38-,43?,47-,48-/m0/s1. The van der Waals surface area contributed by atoms with E-state index in [-0.39, 0.29) is 97.6 Å². The van der Waals surface area contributed by atoms with E-state index in [1.165, 1.54) is 23.6 Å². The van der Waals surface area contributed by atoms with Crippen molar-refractivity contribution in [3.8, 4) is 17.2 Å². The molecule has 0 saturated carbocycles. The summed E-state index contributed by atoms with van der Waals surface area (Å²) in [7, 11) is 0.301. The van der Waals surface area contributed by atoms with Crippen molar-refractivity contribution in [2.24, 2.45) is 11.7 Å². The van der Waals surface area contributed by atoms with Crippen molar-refractivity contribution < 1.29 is 58.2 Å². The number of hydrogen-bond donors (Lipinski definition) is 5. The van der Waals surface area contributed by atoms with E-state index in [0.29, 0.717) is 41.0 Å². The first-order chi connectivity index (χ1) is 32.3. The van der Waals surface area contributed by atoms with E-state index in [1.54, 1.807) is 67.3 Å². The lowest BCUT2D eigenvalue weighted by atomic mass is 9.82. The number of nitrogens with two attached hydrogens (primary N) is 1. The molecule has 4 amide bonds. The summed E-state index contributed by atoms with van der Waals surface area (Å²) in [6, 6.07) is 10.3. The average molecular weight is 937 g/mol. The summed E-state index contributed by atoms with van der Waals surface area (Å²) in [5.74, 6) is -0.482. The van der Waals surface area contributed by atoms with Crippen molar-refractivity contribution in [3.63, 3.8) is 0 Å². The fourth-order valence-electron chi connectivity index (χ4n) is 9.06. The highest BCUT2D eigenvalue weighted by Gasteiger charge is 2.47. The Hall–Kier alpha value is -6.41. The Morgan fingerprint density at radius 3 is 1.99 bits per heavy atom. The number of Topliss-reactive ketones (excluding diaryl/α,β-unsaturated/α-hetero) is 1. The third-order valence-electron chi connectivity index (χ3n) is 12.9. The first kappa shape index (κ1) is 49.5. The average Bonchev–Trinajstić information content (AvgIpc) is 3.86. The van der Waals surface area contributed by atoms with Gasteiger partial charge in [0.05, 0.1) is 61.3 Å². The summed E-state index contributed by atoms with van der Waals surface area (Å²) in [6.07, 6.45) is -2.53. The SMILES string of the molecule is C=C1C[C@H]2[C@H](O)N(B(C)O)c3cc(OCCCOc4cc5c(cc4C)C(=O)N4CC(=C)C[C@H]4[C@H](O)N5C(=O)OCc4ccc(CC(=O)[C@H](C)NC(=O)C(N)C(C)C)cc4)c(OC)cc3C(=O)N2C1. The number of aliphatic hydroxyl groups is 2. The van der Waals surface area contributed by atoms with Gasteiger partial charge in [-0.3, -0.25) is 19.2 Å². The van der Waals surface area contributed by atoms with Crippen molar-refractivity contribution in [1.82, 2.24) is 15.1 Å². The molecule has 6 atom stereocenters. The van der Waals surface area contributed by atoms with Crippen molar-refractivity contribution in [3.05, 3.63) is 101 Å². The van der Waals surface area contributed by atoms with Crippen LogP contribution in [-0.2, 0) is 27.4 Å². The highest BCUT2D eigenvalue weighted by molar-refractivity contribution is 6.54. The number of anilines is 2. The number of aliphatic hydroxyl groups excluding tert-OH is 2. The van der Waals surface area contributed by atoms with Crippen LogP contribution in [0.25, 0.3) is 0 Å². The largest absolute Gasteiger partial charge is 0.493 e. The lowest BCUT2D eigenvalue weighted by Gasteiger charge is -2.34. The second-order valence-electron chi connectivity index (χ2n) is 18.4. The van der Waals surface area contributed by atoms with Crippen molar-refractivity contribution in [1.29, 1.82) is 0 Å². The molecule has 19 heteroatoms. The van der Waals surface area contributed by atoms with Crippen LogP contribution in [0.5, 0.6) is 17.2 Å². The number of ether oxygens (including phenoxy) is 4. The molecule has 4 heterocycles. The topological polar surface area (TPSA) is 234 Å². The molecule has 0 radical (unpaired) electrons. The van der Waals surface area contributed by atoms with Gasteiger partial charge in [-0.1, -0.05) is 62.4 Å². The Morgan fingerprint density at radius 2 is 1.40 bits per heavy atom. The molecule has 68 heavy (non-hydrogen) atoms.